The van der Waals surface area contributed by atoms with E-state index in [2.05, 4.69) is 26.3 Å². The molecule has 111 heavy (non-hydrogen) atoms. The van der Waals surface area contributed by atoms with E-state index in [-0.39, 0.29) is 95.2 Å². The highest BCUT2D eigenvalue weighted by Gasteiger charge is 2.76. The second kappa shape index (κ2) is 36.5. The molecule has 0 radical (unpaired) electrons. The van der Waals surface area contributed by atoms with Crippen LogP contribution in [0.2, 0.25) is 0 Å². The molecule has 7 aliphatic rings. The van der Waals surface area contributed by atoms with Crippen LogP contribution in [0.1, 0.15) is 174 Å². The van der Waals surface area contributed by atoms with E-state index in [1.54, 1.807) is 99.6 Å². The predicted octanol–water partition coefficient (Wildman–Crippen LogP) is 4.47. The number of carbonyl (C=O) groups excluding carboxylic acids is 6. The number of ether oxygens (including phenoxy) is 6. The van der Waals surface area contributed by atoms with Crippen LogP contribution in [-0.2, 0) is 63.6 Å². The average molecular weight is 1570 g/mol. The molecule has 0 aromatic heterocycles. The number of imide groups is 1. The van der Waals surface area contributed by atoms with Gasteiger partial charge in [0, 0.05) is 80.9 Å². The van der Waals surface area contributed by atoms with E-state index in [0.717, 1.165) is 0 Å². The second-order valence-corrected chi connectivity index (χ2v) is 34.8. The summed E-state index contributed by atoms with van der Waals surface area (Å²) in [6, 6.07) is 4.83. The summed E-state index contributed by atoms with van der Waals surface area (Å²) < 4.78 is 56.4. The molecule has 27 atom stereocenters. The first-order chi connectivity index (χ1) is 51.8. The number of ketones is 1. The van der Waals surface area contributed by atoms with Gasteiger partial charge in [-0.25, -0.2) is 14.2 Å². The quantitative estimate of drug-likeness (QED) is 0.0311. The Morgan fingerprint density at radius 1 is 0.865 bits per heavy atom. The molecule has 5 amide bonds. The Morgan fingerprint density at radius 2 is 1.54 bits per heavy atom. The lowest BCUT2D eigenvalue weighted by molar-refractivity contribution is -0.318. The van der Waals surface area contributed by atoms with Gasteiger partial charge in [-0.15, -0.1) is 0 Å². The van der Waals surface area contributed by atoms with Crippen molar-refractivity contribution < 1.29 is 107 Å². The highest BCUT2D eigenvalue weighted by atomic mass is 19.1. The van der Waals surface area contributed by atoms with Crippen LogP contribution < -0.4 is 21.3 Å². The fraction of sp³-hybridized carbons (Fsp3) is 0.778. The van der Waals surface area contributed by atoms with Gasteiger partial charge < -0.3 is 90.1 Å². The SMILES string of the molecule is CCC1OC(=O)C(C)C(OC2CC(C)(OC)C(O)C(C)O2)C(C)C(OC2OC(C)CC(N(C)C)C2O)C(C)(O)CC(C)CN(CCCNC(=NCC(=O)O)N(CCC(C)C)C(=O)C(Cc2ccccc2)NC(=O)CNC(=O)NC(=O)[C@@]2(O)[C@H](C)CC3C4CCC5=CC(=O)C=C[C@]5(C)[C@@]4(F)[C@@H](O)C[C@@]32C)C(C)C(O)C1(C)O. The molecular weight excluding hydrogens is 1440 g/mol. The summed E-state index contributed by atoms with van der Waals surface area (Å²) in [4.78, 5) is 107. The molecule has 29 nitrogen and oxygen atoms in total. The van der Waals surface area contributed by atoms with Crippen LogP contribution in [0.4, 0.5) is 9.18 Å². The third kappa shape index (κ3) is 19.3. The molecule has 4 aliphatic carbocycles. The molecule has 6 fully saturated rings. The van der Waals surface area contributed by atoms with Crippen LogP contribution in [0.3, 0.4) is 0 Å². The van der Waals surface area contributed by atoms with E-state index in [0.29, 0.717) is 30.4 Å². The maximum atomic E-state index is 17.9. The Morgan fingerprint density at radius 3 is 2.17 bits per heavy atom. The average Bonchev–Trinajstić information content (AvgIpc) is 1.56. The Bertz CT molecular complexity index is 3510. The van der Waals surface area contributed by atoms with Crippen LogP contribution >= 0.6 is 0 Å². The molecule has 1 aromatic rings. The number of nitrogens with zero attached hydrogens (tertiary/aromatic N) is 4. The number of aliphatic hydroxyl groups excluding tert-OH is 4. The number of esters is 1. The van der Waals surface area contributed by atoms with Crippen LogP contribution in [0, 0.1) is 52.3 Å². The highest BCUT2D eigenvalue weighted by molar-refractivity contribution is 6.03. The summed E-state index contributed by atoms with van der Waals surface area (Å²) in [6.07, 6.45) is -7.24. The first-order valence-electron chi connectivity index (χ1n) is 39.8. The molecule has 626 valence electrons. The predicted molar refractivity (Wildman–Crippen MR) is 408 cm³/mol. The molecule has 21 unspecified atom stereocenters. The van der Waals surface area contributed by atoms with Gasteiger partial charge in [-0.05, 0) is 169 Å². The zero-order valence-corrected chi connectivity index (χ0v) is 68.3. The molecular formula is C81H129FN8O21. The Kier molecular flexibility index (Phi) is 29.7. The fourth-order valence-corrected chi connectivity index (χ4v) is 19.4. The monoisotopic (exact) mass is 1570 g/mol. The van der Waals surface area contributed by atoms with Gasteiger partial charge in [0.15, 0.2) is 29.6 Å². The number of alkyl halides is 1. The fourth-order valence-electron chi connectivity index (χ4n) is 19.4. The van der Waals surface area contributed by atoms with Crippen LogP contribution in [0.25, 0.3) is 0 Å². The van der Waals surface area contributed by atoms with Crippen molar-refractivity contribution in [3.63, 3.8) is 0 Å². The number of hydrogen-bond acceptors (Lipinski definition) is 23. The number of nitrogens with one attached hydrogen (secondary N) is 4. The highest BCUT2D eigenvalue weighted by Crippen LogP contribution is 2.70. The number of allylic oxidation sites excluding steroid dienone is 4. The summed E-state index contributed by atoms with van der Waals surface area (Å²) in [5.74, 6) is -10.2. The second-order valence-electron chi connectivity index (χ2n) is 34.8. The summed E-state index contributed by atoms with van der Waals surface area (Å²) in [7, 11) is 5.13. The van der Waals surface area contributed by atoms with E-state index in [1.807, 2.05) is 51.6 Å². The number of halogens is 1. The number of cyclic esters (lactones) is 1. The smallest absolute Gasteiger partial charge is 0.325 e. The van der Waals surface area contributed by atoms with Gasteiger partial charge in [-0.3, -0.25) is 43.9 Å². The Hall–Kier alpha value is -5.97. The van der Waals surface area contributed by atoms with Crippen molar-refractivity contribution in [2.24, 2.45) is 57.2 Å². The van der Waals surface area contributed by atoms with Crippen molar-refractivity contribution in [3.05, 3.63) is 59.7 Å². The molecule has 8 rings (SSSR count). The number of aliphatic hydroxyl groups is 7. The van der Waals surface area contributed by atoms with Gasteiger partial charge >= 0.3 is 18.0 Å². The number of carbonyl (C=O) groups is 7. The number of hydrogen-bond donors (Lipinski definition) is 12. The third-order valence-electron chi connectivity index (χ3n) is 25.9. The molecule has 3 saturated carbocycles. The minimum Gasteiger partial charge on any atom is -0.480 e. The topological polar surface area (TPSA) is 407 Å². The summed E-state index contributed by atoms with van der Waals surface area (Å²) >= 11 is 0. The van der Waals surface area contributed by atoms with Crippen LogP contribution in [0.15, 0.2) is 59.1 Å². The number of benzene rings is 1. The number of aliphatic imine (C=N–C) groups is 1. The minimum absolute atomic E-state index is 0.00718. The van der Waals surface area contributed by atoms with Gasteiger partial charge in [0.25, 0.3) is 11.8 Å². The lowest BCUT2D eigenvalue weighted by Gasteiger charge is -2.62. The number of amides is 5. The number of rotatable bonds is 23. The van der Waals surface area contributed by atoms with Gasteiger partial charge in [-0.2, -0.15) is 0 Å². The molecule has 3 heterocycles. The van der Waals surface area contributed by atoms with Crippen molar-refractivity contribution >= 4 is 47.4 Å². The van der Waals surface area contributed by atoms with Crippen molar-refractivity contribution in [1.82, 2.24) is 36.0 Å². The van der Waals surface area contributed by atoms with E-state index < -0.39 is 209 Å². The maximum Gasteiger partial charge on any atom is 0.325 e. The molecule has 0 bridgehead atoms. The number of urea groups is 1. The third-order valence-corrected chi connectivity index (χ3v) is 25.9. The number of methoxy groups -OCH3 is 1. The van der Waals surface area contributed by atoms with E-state index in [9.17, 15) is 69.6 Å². The number of guanidine groups is 1. The number of carboxylic acid groups (broad SMARTS) is 1. The summed E-state index contributed by atoms with van der Waals surface area (Å²) in [5, 5.41) is 107. The van der Waals surface area contributed by atoms with Gasteiger partial charge in [-0.1, -0.05) is 90.4 Å². The number of aliphatic carboxylic acids is 1. The van der Waals surface area contributed by atoms with Gasteiger partial charge in [0.2, 0.25) is 11.9 Å². The van der Waals surface area contributed by atoms with Crippen molar-refractivity contribution in [2.75, 3.05) is 60.5 Å². The zero-order chi connectivity index (χ0) is 82.6. The van der Waals surface area contributed by atoms with Gasteiger partial charge in [0.1, 0.15) is 42.6 Å². The molecule has 3 aliphatic heterocycles. The van der Waals surface area contributed by atoms with E-state index >= 15 is 9.18 Å². The van der Waals surface area contributed by atoms with E-state index in [1.165, 1.54) is 37.2 Å². The number of fused-ring (bicyclic) bond motifs is 5. The van der Waals surface area contributed by atoms with E-state index in [4.69, 9.17) is 28.4 Å². The first-order valence-corrected chi connectivity index (χ1v) is 39.8. The number of carboxylic acids is 1. The maximum absolute atomic E-state index is 17.9. The standard InChI is InChI=1S/C81H129FN8O21/c1-19-60-79(15,104)66(97)50(9)89(43-45(4)38-77(13,103)68(111-71-64(96)58(88(16)17)35-47(6)107-71)48(7)65(49(8)70(100)109-60)110-63-40-78(14,106-18)67(98)51(10)108-63)32-23-31-83-73(84-42-62(94)95)90(33-29-44(2)3)69(99)57(36-52-24-21-20-22-25-52)86-61(93)41-85-74(102)87-72(101)81(105)46(5)34-56-55-27-26-53-37-54(91)28-30-75(53,11)80(55,82)59(92)39-76(56,81)12/h20-22,24-25,28,30,37,44-51,55-60,63-68,71,92,96-98,103-105H,19,23,26-27,29,31-36,38-43H2,1-18H3,(H,83,84)(H,86,93)(H,94,95)(H2,85,87,101,102)/t45?,46-,47?,48?,49?,50?,51?,55?,56?,57?,58?,59+,60?,63?,64?,65?,66?,67?,68?,71?,75+,76+,77?,78?,79?,80+,81+/m1/s1. The first kappa shape index (κ1) is 90.6. The normalized spacial score (nSPS) is 40.2. The summed E-state index contributed by atoms with van der Waals surface area (Å²) in [5.41, 5.74) is -11.2. The lowest BCUT2D eigenvalue weighted by atomic mass is 9.44. The molecule has 0 spiro atoms. The minimum atomic E-state index is -2.30. The van der Waals surface area contributed by atoms with Gasteiger partial charge in [0.05, 0.1) is 54.2 Å². The molecule has 1 aromatic carbocycles. The van der Waals surface area contributed by atoms with Crippen molar-refractivity contribution in [3.8, 4) is 0 Å². The zero-order valence-electron chi connectivity index (χ0n) is 68.3. The molecule has 3 saturated heterocycles. The lowest BCUT2D eigenvalue weighted by Crippen LogP contribution is -2.70. The largest absolute Gasteiger partial charge is 0.480 e. The van der Waals surface area contributed by atoms with Crippen molar-refractivity contribution in [2.45, 2.75) is 288 Å². The molecule has 12 N–H and O–H groups in total. The van der Waals surface area contributed by atoms with Crippen LogP contribution in [-0.4, -0.2) is 277 Å². The summed E-state index contributed by atoms with van der Waals surface area (Å²) in [6.45, 7) is 24.3. The Balaban J connectivity index is 1.02. The van der Waals surface area contributed by atoms with Crippen molar-refractivity contribution in [1.29, 1.82) is 0 Å². The Labute approximate surface area is 653 Å². The molecule has 30 heteroatoms. The number of likely N-dealkylation sites (N-methyl/N-ethyl adjacent to an activating group) is 1. The van der Waals surface area contributed by atoms with Crippen LogP contribution in [0.5, 0.6) is 0 Å².